The van der Waals surface area contributed by atoms with Gasteiger partial charge in [0.15, 0.2) is 0 Å². The minimum atomic E-state index is -0.834. The molecule has 1 N–H and O–H groups in total. The summed E-state index contributed by atoms with van der Waals surface area (Å²) in [6, 6.07) is 0. The number of nitrogens with zero attached hydrogens (tertiary/aromatic N) is 1. The highest BCUT2D eigenvalue weighted by Crippen LogP contribution is 2.13. The third kappa shape index (κ3) is 20.9. The summed E-state index contributed by atoms with van der Waals surface area (Å²) in [5.74, 6) is -0.834. The first-order valence-corrected chi connectivity index (χ1v) is 10.2. The number of aliphatic imine (C=N–C) groups is 1. The number of hydrogen-bond donors (Lipinski definition) is 1. The lowest BCUT2D eigenvalue weighted by molar-refractivity contribution is -0.135. The molecule has 0 aliphatic heterocycles. The summed E-state index contributed by atoms with van der Waals surface area (Å²) in [6.07, 6.45) is 25.6. The van der Waals surface area contributed by atoms with E-state index in [1.165, 1.54) is 96.1 Å². The Morgan fingerprint density at radius 2 is 1.25 bits per heavy atom. The van der Waals surface area contributed by atoms with E-state index in [1.54, 1.807) is 6.20 Å². The van der Waals surface area contributed by atoms with Gasteiger partial charge < -0.3 is 5.11 Å². The number of aliphatic carboxylic acids is 1. The van der Waals surface area contributed by atoms with Crippen LogP contribution in [0.3, 0.4) is 0 Å². The van der Waals surface area contributed by atoms with Gasteiger partial charge in [-0.3, -0.25) is 9.79 Å². The van der Waals surface area contributed by atoms with Crippen molar-refractivity contribution in [3.8, 4) is 0 Å². The van der Waals surface area contributed by atoms with Gasteiger partial charge in [-0.1, -0.05) is 96.5 Å². The Bertz CT molecular complexity index is 324. The predicted molar refractivity (Wildman–Crippen MR) is 105 cm³/mol. The second-order valence-electron chi connectivity index (χ2n) is 6.70. The summed E-state index contributed by atoms with van der Waals surface area (Å²) in [4.78, 5) is 14.2. The zero-order valence-corrected chi connectivity index (χ0v) is 15.8. The first kappa shape index (κ1) is 22.9. The largest absolute Gasteiger partial charge is 0.481 e. The van der Waals surface area contributed by atoms with Crippen LogP contribution in [0.1, 0.15) is 110 Å². The van der Waals surface area contributed by atoms with Crippen LogP contribution >= 0.6 is 0 Å². The highest BCUT2D eigenvalue weighted by Gasteiger charge is 1.93. The van der Waals surface area contributed by atoms with E-state index in [1.807, 2.05) is 6.08 Å². The van der Waals surface area contributed by atoms with E-state index in [4.69, 9.17) is 5.11 Å². The van der Waals surface area contributed by atoms with Crippen molar-refractivity contribution >= 4 is 12.2 Å². The maximum atomic E-state index is 10.3. The molecule has 24 heavy (non-hydrogen) atoms. The predicted octanol–water partition coefficient (Wildman–Crippen LogP) is 6.92. The van der Waals surface area contributed by atoms with E-state index in [0.29, 0.717) is 0 Å². The van der Waals surface area contributed by atoms with Crippen LogP contribution in [-0.2, 0) is 4.79 Å². The van der Waals surface area contributed by atoms with Crippen molar-refractivity contribution in [2.75, 3.05) is 0 Å². The smallest absolute Gasteiger partial charge is 0.308 e. The highest BCUT2D eigenvalue weighted by molar-refractivity contribution is 5.84. The molecule has 0 fully saturated rings. The fourth-order valence-corrected chi connectivity index (χ4v) is 2.78. The van der Waals surface area contributed by atoms with E-state index in [0.717, 1.165) is 6.42 Å². The van der Waals surface area contributed by atoms with Crippen molar-refractivity contribution < 1.29 is 9.90 Å². The molecule has 140 valence electrons. The zero-order valence-electron chi connectivity index (χ0n) is 15.8. The van der Waals surface area contributed by atoms with Crippen LogP contribution in [0.5, 0.6) is 0 Å². The molecule has 0 atom stereocenters. The molecule has 0 aliphatic rings. The Labute approximate surface area is 149 Å². The Hall–Kier alpha value is -1.12. The van der Waals surface area contributed by atoms with Crippen molar-refractivity contribution in [1.82, 2.24) is 0 Å². The minimum absolute atomic E-state index is 0.00317. The summed E-state index contributed by atoms with van der Waals surface area (Å²) in [7, 11) is 0. The molecule has 0 saturated carbocycles. The molecule has 0 aromatic rings. The summed E-state index contributed by atoms with van der Waals surface area (Å²) >= 11 is 0. The monoisotopic (exact) mass is 337 g/mol. The maximum Gasteiger partial charge on any atom is 0.308 e. The molecule has 3 heteroatoms. The molecule has 0 radical (unpaired) electrons. The van der Waals surface area contributed by atoms with Crippen molar-refractivity contribution in [2.45, 2.75) is 110 Å². The van der Waals surface area contributed by atoms with Gasteiger partial charge in [-0.05, 0) is 12.8 Å². The Morgan fingerprint density at radius 3 is 1.71 bits per heavy atom. The van der Waals surface area contributed by atoms with Crippen LogP contribution in [0, 0.1) is 0 Å². The molecule has 0 heterocycles. The van der Waals surface area contributed by atoms with Gasteiger partial charge in [0.05, 0.1) is 6.42 Å². The molecule has 0 rings (SSSR count). The number of carbonyl (C=O) groups is 1. The number of carboxylic acids is 1. The van der Waals surface area contributed by atoms with Crippen molar-refractivity contribution in [2.24, 2.45) is 4.99 Å². The Morgan fingerprint density at radius 1 is 0.792 bits per heavy atom. The Balaban J connectivity index is 3.11. The molecule has 0 unspecified atom stereocenters. The highest BCUT2D eigenvalue weighted by atomic mass is 16.4. The second-order valence-corrected chi connectivity index (χ2v) is 6.70. The van der Waals surface area contributed by atoms with Gasteiger partial charge in [-0.15, -0.1) is 0 Å². The van der Waals surface area contributed by atoms with Crippen LogP contribution in [-0.4, -0.2) is 17.3 Å². The average molecular weight is 338 g/mol. The van der Waals surface area contributed by atoms with Gasteiger partial charge in [0.1, 0.15) is 0 Å². The molecule has 0 bridgehead atoms. The molecule has 0 aromatic heterocycles. The van der Waals surface area contributed by atoms with Crippen LogP contribution < -0.4 is 0 Å². The van der Waals surface area contributed by atoms with E-state index in [-0.39, 0.29) is 6.42 Å². The number of hydrogen-bond acceptors (Lipinski definition) is 2. The first-order valence-electron chi connectivity index (χ1n) is 10.2. The quantitative estimate of drug-likeness (QED) is 0.218. The van der Waals surface area contributed by atoms with Crippen molar-refractivity contribution in [1.29, 1.82) is 0 Å². The van der Waals surface area contributed by atoms with Gasteiger partial charge in [-0.25, -0.2) is 0 Å². The van der Waals surface area contributed by atoms with Gasteiger partial charge in [0.25, 0.3) is 0 Å². The number of carboxylic acid groups (broad SMARTS) is 1. The molecular formula is C21H39NO2. The summed E-state index contributed by atoms with van der Waals surface area (Å²) in [5.41, 5.74) is 0. The molecule has 0 aliphatic carbocycles. The lowest BCUT2D eigenvalue weighted by Crippen LogP contribution is -1.93. The van der Waals surface area contributed by atoms with E-state index in [2.05, 4.69) is 11.9 Å². The standard InChI is InChI=1S/C21H39NO2/c1-2-3-4-5-6-7-8-9-10-11-12-13-14-15-16-17-19-22-20-18-21(23)24/h17,19-20H,2-16,18H2,1H3,(H,23,24). The molecule has 0 saturated heterocycles. The summed E-state index contributed by atoms with van der Waals surface area (Å²) < 4.78 is 0. The average Bonchev–Trinajstić information content (AvgIpc) is 2.56. The Kier molecular flexibility index (Phi) is 19.0. The minimum Gasteiger partial charge on any atom is -0.481 e. The van der Waals surface area contributed by atoms with Crippen LogP contribution in [0.15, 0.2) is 17.3 Å². The molecule has 3 nitrogen and oxygen atoms in total. The SMILES string of the molecule is CCCCCCCCCCCCCCCCC=CN=CCC(=O)O. The summed E-state index contributed by atoms with van der Waals surface area (Å²) in [5, 5.41) is 8.44. The van der Waals surface area contributed by atoms with Crippen LogP contribution in [0.25, 0.3) is 0 Å². The fraction of sp³-hybridized carbons (Fsp3) is 0.810. The maximum absolute atomic E-state index is 10.3. The van der Waals surface area contributed by atoms with E-state index >= 15 is 0 Å². The van der Waals surface area contributed by atoms with Gasteiger partial charge in [0, 0.05) is 12.4 Å². The lowest BCUT2D eigenvalue weighted by atomic mass is 10.0. The molecule has 0 amide bonds. The second kappa shape index (κ2) is 19.9. The fourth-order valence-electron chi connectivity index (χ4n) is 2.78. The summed E-state index contributed by atoms with van der Waals surface area (Å²) in [6.45, 7) is 2.27. The van der Waals surface area contributed by atoms with Crippen molar-refractivity contribution in [3.63, 3.8) is 0 Å². The molecular weight excluding hydrogens is 298 g/mol. The normalized spacial score (nSPS) is 11.7. The number of allylic oxidation sites excluding steroid dienone is 1. The molecule has 0 spiro atoms. The van der Waals surface area contributed by atoms with Gasteiger partial charge in [-0.2, -0.15) is 0 Å². The third-order valence-electron chi connectivity index (χ3n) is 4.29. The van der Waals surface area contributed by atoms with Gasteiger partial charge in [0.2, 0.25) is 0 Å². The van der Waals surface area contributed by atoms with Gasteiger partial charge >= 0.3 is 5.97 Å². The number of unbranched alkanes of at least 4 members (excludes halogenated alkanes) is 14. The first-order chi connectivity index (χ1) is 11.8. The van der Waals surface area contributed by atoms with Crippen LogP contribution in [0.4, 0.5) is 0 Å². The molecule has 0 aromatic carbocycles. The van der Waals surface area contributed by atoms with Crippen LogP contribution in [0.2, 0.25) is 0 Å². The zero-order chi connectivity index (χ0) is 17.7. The number of rotatable bonds is 18. The third-order valence-corrected chi connectivity index (χ3v) is 4.29. The van der Waals surface area contributed by atoms with E-state index in [9.17, 15) is 4.79 Å². The lowest BCUT2D eigenvalue weighted by Gasteiger charge is -2.02. The van der Waals surface area contributed by atoms with Crippen molar-refractivity contribution in [3.05, 3.63) is 12.3 Å². The topological polar surface area (TPSA) is 49.7 Å². The van der Waals surface area contributed by atoms with E-state index < -0.39 is 5.97 Å².